The lowest BCUT2D eigenvalue weighted by Crippen LogP contribution is -2.29. The average molecular weight is 281 g/mol. The summed E-state index contributed by atoms with van der Waals surface area (Å²) in [4.78, 5) is 5.06. The number of rotatable bonds is 6. The van der Waals surface area contributed by atoms with Gasteiger partial charge in [-0.1, -0.05) is 6.07 Å². The first-order valence-corrected chi connectivity index (χ1v) is 7.87. The van der Waals surface area contributed by atoms with Crippen LogP contribution in [-0.2, 0) is 13.1 Å². The van der Waals surface area contributed by atoms with Crippen LogP contribution in [0.2, 0.25) is 0 Å². The van der Waals surface area contributed by atoms with Crippen molar-refractivity contribution in [2.45, 2.75) is 33.0 Å². The van der Waals surface area contributed by atoms with Gasteiger partial charge in [-0.2, -0.15) is 0 Å². The summed E-state index contributed by atoms with van der Waals surface area (Å²) in [5.74, 6) is 0. The maximum absolute atomic E-state index is 9.61. The molecule has 0 unspecified atom stereocenters. The molecule has 98 valence electrons. The van der Waals surface area contributed by atoms with Crippen molar-refractivity contribution in [1.82, 2.24) is 4.90 Å². The molecule has 0 saturated carbocycles. The van der Waals surface area contributed by atoms with E-state index in [1.54, 1.807) is 22.7 Å². The zero-order valence-electron chi connectivity index (χ0n) is 10.8. The largest absolute Gasteiger partial charge is 0.392 e. The first kappa shape index (κ1) is 13.7. The molecule has 0 fully saturated rings. The smallest absolute Gasteiger partial charge is 0.0639 e. The van der Waals surface area contributed by atoms with Gasteiger partial charge in [-0.15, -0.1) is 22.7 Å². The van der Waals surface area contributed by atoms with Crippen LogP contribution in [0.15, 0.2) is 29.0 Å². The molecule has 4 heteroatoms. The highest BCUT2D eigenvalue weighted by molar-refractivity contribution is 7.10. The van der Waals surface area contributed by atoms with E-state index in [9.17, 15) is 5.11 Å². The number of hydrogen-bond donors (Lipinski definition) is 1. The normalized spacial score (nSPS) is 13.1. The van der Waals surface area contributed by atoms with E-state index >= 15 is 0 Å². The second-order valence-electron chi connectivity index (χ2n) is 4.62. The van der Waals surface area contributed by atoms with Crippen molar-refractivity contribution in [3.05, 3.63) is 44.3 Å². The summed E-state index contributed by atoms with van der Waals surface area (Å²) in [6.45, 7) is 6.56. The number of thiophene rings is 2. The third-order valence-corrected chi connectivity index (χ3v) is 4.69. The third kappa shape index (κ3) is 3.92. The van der Waals surface area contributed by atoms with E-state index in [-0.39, 0.29) is 6.10 Å². The zero-order valence-corrected chi connectivity index (χ0v) is 12.4. The van der Waals surface area contributed by atoms with Gasteiger partial charge in [0.05, 0.1) is 6.10 Å². The SMILES string of the molecule is Cc1ccsc1CN(Cc1cccs1)C[C@H](C)O. The number of aliphatic hydroxyl groups is 1. The molecule has 0 radical (unpaired) electrons. The molecule has 0 spiro atoms. The quantitative estimate of drug-likeness (QED) is 0.876. The molecule has 2 nitrogen and oxygen atoms in total. The van der Waals surface area contributed by atoms with Crippen LogP contribution >= 0.6 is 22.7 Å². The van der Waals surface area contributed by atoms with Gasteiger partial charge in [-0.05, 0) is 42.3 Å². The van der Waals surface area contributed by atoms with Crippen molar-refractivity contribution in [2.75, 3.05) is 6.54 Å². The standard InChI is InChI=1S/C14H19NOS2/c1-11-5-7-18-14(11)10-15(8-12(2)16)9-13-4-3-6-17-13/h3-7,12,16H,8-10H2,1-2H3/t12-/m0/s1. The maximum atomic E-state index is 9.61. The molecule has 2 heterocycles. The monoisotopic (exact) mass is 281 g/mol. The Bertz CT molecular complexity index is 462. The fourth-order valence-electron chi connectivity index (χ4n) is 1.95. The van der Waals surface area contributed by atoms with E-state index in [2.05, 4.69) is 40.8 Å². The van der Waals surface area contributed by atoms with Crippen LogP contribution in [0.25, 0.3) is 0 Å². The van der Waals surface area contributed by atoms with Gasteiger partial charge in [0.2, 0.25) is 0 Å². The maximum Gasteiger partial charge on any atom is 0.0639 e. The molecule has 0 bridgehead atoms. The Labute approximate surface area is 117 Å². The molecule has 2 aromatic heterocycles. The highest BCUT2D eigenvalue weighted by Gasteiger charge is 2.12. The predicted molar refractivity (Wildman–Crippen MR) is 79.2 cm³/mol. The second-order valence-corrected chi connectivity index (χ2v) is 6.66. The van der Waals surface area contributed by atoms with Crippen molar-refractivity contribution in [3.8, 4) is 0 Å². The van der Waals surface area contributed by atoms with Gasteiger partial charge in [-0.25, -0.2) is 0 Å². The summed E-state index contributed by atoms with van der Waals surface area (Å²) in [6.07, 6.45) is -0.287. The first-order chi connectivity index (χ1) is 8.65. The molecule has 0 aliphatic heterocycles. The summed E-state index contributed by atoms with van der Waals surface area (Å²) >= 11 is 3.57. The van der Waals surface area contributed by atoms with Crippen molar-refractivity contribution in [2.24, 2.45) is 0 Å². The fourth-order valence-corrected chi connectivity index (χ4v) is 3.64. The van der Waals surface area contributed by atoms with Crippen LogP contribution < -0.4 is 0 Å². The van der Waals surface area contributed by atoms with Crippen LogP contribution in [0.5, 0.6) is 0 Å². The van der Waals surface area contributed by atoms with Gasteiger partial charge in [0.1, 0.15) is 0 Å². The van der Waals surface area contributed by atoms with E-state index < -0.39 is 0 Å². The van der Waals surface area contributed by atoms with E-state index in [4.69, 9.17) is 0 Å². The van der Waals surface area contributed by atoms with Crippen LogP contribution in [0.4, 0.5) is 0 Å². The Balaban J connectivity index is 2.03. The highest BCUT2D eigenvalue weighted by Crippen LogP contribution is 2.20. The van der Waals surface area contributed by atoms with Crippen LogP contribution in [0.3, 0.4) is 0 Å². The molecular formula is C14H19NOS2. The molecule has 0 aromatic carbocycles. The minimum absolute atomic E-state index is 0.287. The molecule has 0 amide bonds. The molecule has 1 atom stereocenters. The van der Waals surface area contributed by atoms with Crippen molar-refractivity contribution >= 4 is 22.7 Å². The summed E-state index contributed by atoms with van der Waals surface area (Å²) < 4.78 is 0. The van der Waals surface area contributed by atoms with Gasteiger partial charge in [0.25, 0.3) is 0 Å². The number of nitrogens with zero attached hydrogens (tertiary/aromatic N) is 1. The van der Waals surface area contributed by atoms with Gasteiger partial charge in [0, 0.05) is 29.4 Å². The van der Waals surface area contributed by atoms with Crippen LogP contribution in [0.1, 0.15) is 22.2 Å². The molecule has 18 heavy (non-hydrogen) atoms. The molecule has 1 N–H and O–H groups in total. The van der Waals surface area contributed by atoms with Crippen LogP contribution in [-0.4, -0.2) is 22.7 Å². The number of aryl methyl sites for hydroxylation is 1. The second kappa shape index (κ2) is 6.48. The van der Waals surface area contributed by atoms with E-state index in [0.717, 1.165) is 19.6 Å². The van der Waals surface area contributed by atoms with Gasteiger partial charge in [0.15, 0.2) is 0 Å². The van der Waals surface area contributed by atoms with Crippen molar-refractivity contribution in [3.63, 3.8) is 0 Å². The Morgan fingerprint density at radius 2 is 2.06 bits per heavy atom. The highest BCUT2D eigenvalue weighted by atomic mass is 32.1. The minimum atomic E-state index is -0.287. The zero-order chi connectivity index (χ0) is 13.0. The third-order valence-electron chi connectivity index (χ3n) is 2.82. The minimum Gasteiger partial charge on any atom is -0.392 e. The van der Waals surface area contributed by atoms with Crippen molar-refractivity contribution < 1.29 is 5.11 Å². The Hall–Kier alpha value is -0.680. The van der Waals surface area contributed by atoms with Gasteiger partial charge < -0.3 is 5.11 Å². The van der Waals surface area contributed by atoms with Gasteiger partial charge >= 0.3 is 0 Å². The molecule has 2 aromatic rings. The predicted octanol–water partition coefficient (Wildman–Crippen LogP) is 3.50. The summed E-state index contributed by atoms with van der Waals surface area (Å²) in [5.41, 5.74) is 1.35. The molecule has 0 aliphatic carbocycles. The Morgan fingerprint density at radius 1 is 1.22 bits per heavy atom. The summed E-state index contributed by atoms with van der Waals surface area (Å²) in [7, 11) is 0. The molecule has 0 aliphatic rings. The lowest BCUT2D eigenvalue weighted by molar-refractivity contribution is 0.119. The molecular weight excluding hydrogens is 262 g/mol. The molecule has 2 rings (SSSR count). The van der Waals surface area contributed by atoms with E-state index in [1.165, 1.54) is 15.3 Å². The van der Waals surface area contributed by atoms with E-state index in [0.29, 0.717) is 0 Å². The molecule has 0 saturated heterocycles. The lowest BCUT2D eigenvalue weighted by atomic mass is 10.2. The topological polar surface area (TPSA) is 23.5 Å². The average Bonchev–Trinajstić information content (AvgIpc) is 2.91. The summed E-state index contributed by atoms with van der Waals surface area (Å²) in [6, 6.07) is 6.39. The fraction of sp³-hybridized carbons (Fsp3) is 0.429. The Kier molecular flexibility index (Phi) is 4.95. The van der Waals surface area contributed by atoms with E-state index in [1.807, 2.05) is 6.92 Å². The van der Waals surface area contributed by atoms with Gasteiger partial charge in [-0.3, -0.25) is 4.90 Å². The first-order valence-electron chi connectivity index (χ1n) is 6.11. The summed E-state index contributed by atoms with van der Waals surface area (Å²) in [5, 5.41) is 13.9. The Morgan fingerprint density at radius 3 is 2.61 bits per heavy atom. The number of aliphatic hydroxyl groups excluding tert-OH is 1. The lowest BCUT2D eigenvalue weighted by Gasteiger charge is -2.23. The van der Waals surface area contributed by atoms with Crippen LogP contribution in [0, 0.1) is 6.92 Å². The number of hydrogen-bond acceptors (Lipinski definition) is 4. The van der Waals surface area contributed by atoms with Crippen molar-refractivity contribution in [1.29, 1.82) is 0 Å².